The maximum Gasteiger partial charge on any atom is 0.271 e. The molecule has 1 aromatic heterocycles. The number of hydrogen-bond acceptors (Lipinski definition) is 2. The van der Waals surface area contributed by atoms with Crippen LogP contribution in [0.1, 0.15) is 28.9 Å². The number of nitrogens with one attached hydrogen (secondary N) is 1. The summed E-state index contributed by atoms with van der Waals surface area (Å²) in [5.41, 5.74) is 3.55. The minimum absolute atomic E-state index is 0.0222. The molecule has 1 N–H and O–H groups in total. The van der Waals surface area contributed by atoms with Gasteiger partial charge in [-0.25, -0.2) is 0 Å². The molecule has 0 saturated carbocycles. The van der Waals surface area contributed by atoms with Gasteiger partial charge < -0.3 is 4.90 Å². The van der Waals surface area contributed by atoms with E-state index in [1.54, 1.807) is 0 Å². The van der Waals surface area contributed by atoms with Crippen molar-refractivity contribution in [1.29, 1.82) is 0 Å². The van der Waals surface area contributed by atoms with E-state index >= 15 is 0 Å². The van der Waals surface area contributed by atoms with Gasteiger partial charge in [0.15, 0.2) is 0 Å². The number of benzene rings is 2. The summed E-state index contributed by atoms with van der Waals surface area (Å²) in [6, 6.07) is 19.9. The lowest BCUT2D eigenvalue weighted by Crippen LogP contribution is -2.39. The summed E-state index contributed by atoms with van der Waals surface area (Å²) in [5.74, 6) is 0.661. The molecule has 3 aromatic rings. The van der Waals surface area contributed by atoms with Crippen LogP contribution in [0.5, 0.6) is 0 Å². The zero-order valence-corrected chi connectivity index (χ0v) is 15.8. The first-order chi connectivity index (χ1) is 13.2. The van der Waals surface area contributed by atoms with E-state index in [4.69, 9.17) is 11.6 Å². The van der Waals surface area contributed by atoms with Gasteiger partial charge in [-0.15, -0.1) is 0 Å². The van der Waals surface area contributed by atoms with Crippen molar-refractivity contribution in [2.24, 2.45) is 5.92 Å². The summed E-state index contributed by atoms with van der Waals surface area (Å²) in [4.78, 5) is 14.7. The van der Waals surface area contributed by atoms with E-state index in [2.05, 4.69) is 34.5 Å². The number of amides is 1. The first-order valence-electron chi connectivity index (χ1n) is 9.33. The van der Waals surface area contributed by atoms with E-state index < -0.39 is 0 Å². The van der Waals surface area contributed by atoms with Gasteiger partial charge in [0.1, 0.15) is 5.69 Å². The lowest BCUT2D eigenvalue weighted by Gasteiger charge is -2.31. The van der Waals surface area contributed by atoms with Crippen LogP contribution in [-0.4, -0.2) is 34.1 Å². The van der Waals surface area contributed by atoms with Crippen LogP contribution in [0, 0.1) is 5.92 Å². The SMILES string of the molecule is O=C(c1cc(-c2cccc(Cl)c2)n[nH]1)N1CCC(Cc2ccccc2)CC1. The van der Waals surface area contributed by atoms with E-state index in [1.165, 1.54) is 5.56 Å². The standard InChI is InChI=1S/C22H22ClN3O/c23-19-8-4-7-18(14-19)20-15-21(25-24-20)22(27)26-11-9-17(10-12-26)13-16-5-2-1-3-6-16/h1-8,14-15,17H,9-13H2,(H,24,25). The van der Waals surface area contributed by atoms with Gasteiger partial charge in [0.25, 0.3) is 5.91 Å². The van der Waals surface area contributed by atoms with Crippen LogP contribution in [-0.2, 0) is 6.42 Å². The molecule has 1 aliphatic heterocycles. The minimum atomic E-state index is 0.0222. The Morgan fingerprint density at radius 3 is 2.59 bits per heavy atom. The Hall–Kier alpha value is -2.59. The molecule has 138 valence electrons. The molecule has 0 atom stereocenters. The Morgan fingerprint density at radius 2 is 1.85 bits per heavy atom. The average Bonchev–Trinajstić information content (AvgIpc) is 3.19. The van der Waals surface area contributed by atoms with Crippen molar-refractivity contribution in [3.05, 3.63) is 76.9 Å². The summed E-state index contributed by atoms with van der Waals surface area (Å²) >= 11 is 6.04. The quantitative estimate of drug-likeness (QED) is 0.706. The van der Waals surface area contributed by atoms with Gasteiger partial charge in [-0.05, 0) is 48.9 Å². The number of likely N-dealkylation sites (tertiary alicyclic amines) is 1. The molecule has 1 aliphatic rings. The highest BCUT2D eigenvalue weighted by atomic mass is 35.5. The normalized spacial score (nSPS) is 15.1. The van der Waals surface area contributed by atoms with E-state index in [9.17, 15) is 4.79 Å². The molecule has 0 radical (unpaired) electrons. The predicted molar refractivity (Wildman–Crippen MR) is 108 cm³/mol. The van der Waals surface area contributed by atoms with Crippen LogP contribution in [0.3, 0.4) is 0 Å². The topological polar surface area (TPSA) is 49.0 Å². The number of hydrogen-bond donors (Lipinski definition) is 1. The highest BCUT2D eigenvalue weighted by Gasteiger charge is 2.25. The summed E-state index contributed by atoms with van der Waals surface area (Å²) in [6.07, 6.45) is 3.16. The number of carbonyl (C=O) groups excluding carboxylic acids is 1. The van der Waals surface area contributed by atoms with E-state index in [-0.39, 0.29) is 5.91 Å². The summed E-state index contributed by atoms with van der Waals surface area (Å²) in [7, 11) is 0. The molecule has 0 spiro atoms. The zero-order valence-electron chi connectivity index (χ0n) is 15.1. The minimum Gasteiger partial charge on any atom is -0.337 e. The van der Waals surface area contributed by atoms with E-state index in [1.807, 2.05) is 41.3 Å². The molecule has 0 unspecified atom stereocenters. The monoisotopic (exact) mass is 379 g/mol. The first-order valence-corrected chi connectivity index (χ1v) is 9.71. The lowest BCUT2D eigenvalue weighted by atomic mass is 9.90. The van der Waals surface area contributed by atoms with Crippen LogP contribution in [0.15, 0.2) is 60.7 Å². The van der Waals surface area contributed by atoms with E-state index in [0.717, 1.165) is 43.6 Å². The fourth-order valence-electron chi connectivity index (χ4n) is 3.68. The maximum absolute atomic E-state index is 12.8. The van der Waals surface area contributed by atoms with Crippen LogP contribution >= 0.6 is 11.6 Å². The number of halogens is 1. The number of aromatic nitrogens is 2. The second kappa shape index (κ2) is 7.97. The molecular formula is C22H22ClN3O. The summed E-state index contributed by atoms with van der Waals surface area (Å²) in [6.45, 7) is 1.59. The maximum atomic E-state index is 12.8. The molecule has 2 aromatic carbocycles. The third-order valence-corrected chi connectivity index (χ3v) is 5.43. The number of piperidine rings is 1. The average molecular weight is 380 g/mol. The number of nitrogens with zero attached hydrogens (tertiary/aromatic N) is 2. The smallest absolute Gasteiger partial charge is 0.271 e. The number of carbonyl (C=O) groups is 1. The molecule has 1 saturated heterocycles. The van der Waals surface area contributed by atoms with Gasteiger partial charge in [0.2, 0.25) is 0 Å². The summed E-state index contributed by atoms with van der Waals surface area (Å²) < 4.78 is 0. The highest BCUT2D eigenvalue weighted by molar-refractivity contribution is 6.30. The van der Waals surface area contributed by atoms with Crippen LogP contribution in [0.4, 0.5) is 0 Å². The van der Waals surface area contributed by atoms with E-state index in [0.29, 0.717) is 16.6 Å². The largest absolute Gasteiger partial charge is 0.337 e. The van der Waals surface area contributed by atoms with Gasteiger partial charge in [0, 0.05) is 23.7 Å². The zero-order chi connectivity index (χ0) is 18.6. The molecule has 0 bridgehead atoms. The van der Waals surface area contributed by atoms with Crippen molar-refractivity contribution in [3.63, 3.8) is 0 Å². The van der Waals surface area contributed by atoms with Crippen LogP contribution in [0.25, 0.3) is 11.3 Å². The Bertz CT molecular complexity index is 914. The Labute approximate surface area is 164 Å². The second-order valence-electron chi connectivity index (χ2n) is 7.10. The molecule has 1 fully saturated rings. The molecular weight excluding hydrogens is 358 g/mol. The highest BCUT2D eigenvalue weighted by Crippen LogP contribution is 2.25. The van der Waals surface area contributed by atoms with Crippen LogP contribution < -0.4 is 0 Å². The van der Waals surface area contributed by atoms with Crippen molar-refractivity contribution in [2.45, 2.75) is 19.3 Å². The fourth-order valence-corrected chi connectivity index (χ4v) is 3.88. The van der Waals surface area contributed by atoms with Crippen molar-refractivity contribution >= 4 is 17.5 Å². The fraction of sp³-hybridized carbons (Fsp3) is 0.273. The molecule has 27 heavy (non-hydrogen) atoms. The second-order valence-corrected chi connectivity index (χ2v) is 7.54. The number of rotatable bonds is 4. The molecule has 2 heterocycles. The molecule has 4 rings (SSSR count). The third-order valence-electron chi connectivity index (χ3n) is 5.20. The van der Waals surface area contributed by atoms with Gasteiger partial charge in [-0.1, -0.05) is 54.1 Å². The Morgan fingerprint density at radius 1 is 1.07 bits per heavy atom. The molecule has 5 heteroatoms. The van der Waals surface area contributed by atoms with Gasteiger partial charge >= 0.3 is 0 Å². The van der Waals surface area contributed by atoms with Gasteiger partial charge in [-0.2, -0.15) is 5.10 Å². The third kappa shape index (κ3) is 4.22. The van der Waals surface area contributed by atoms with Gasteiger partial charge in [-0.3, -0.25) is 9.89 Å². The van der Waals surface area contributed by atoms with Gasteiger partial charge in [0.05, 0.1) is 5.69 Å². The van der Waals surface area contributed by atoms with Crippen molar-refractivity contribution in [1.82, 2.24) is 15.1 Å². The number of H-pyrrole nitrogens is 1. The van der Waals surface area contributed by atoms with Crippen molar-refractivity contribution in [3.8, 4) is 11.3 Å². The Kier molecular flexibility index (Phi) is 5.26. The predicted octanol–water partition coefficient (Wildman–Crippen LogP) is 4.83. The number of aromatic amines is 1. The van der Waals surface area contributed by atoms with Crippen molar-refractivity contribution in [2.75, 3.05) is 13.1 Å². The Balaban J connectivity index is 1.37. The van der Waals surface area contributed by atoms with Crippen molar-refractivity contribution < 1.29 is 4.79 Å². The van der Waals surface area contributed by atoms with Crippen LogP contribution in [0.2, 0.25) is 5.02 Å². The summed E-state index contributed by atoms with van der Waals surface area (Å²) in [5, 5.41) is 7.83. The molecule has 0 aliphatic carbocycles. The first kappa shape index (κ1) is 17.8. The lowest BCUT2D eigenvalue weighted by molar-refractivity contribution is 0.0684. The molecule has 1 amide bonds. The molecule has 4 nitrogen and oxygen atoms in total.